The van der Waals surface area contributed by atoms with Gasteiger partial charge in [0.1, 0.15) is 0 Å². The molecule has 0 bridgehead atoms. The van der Waals surface area contributed by atoms with Crippen LogP contribution in [0.1, 0.15) is 25.0 Å². The second-order valence-corrected chi connectivity index (χ2v) is 4.70. The number of rotatable bonds is 4. The van der Waals surface area contributed by atoms with Gasteiger partial charge >= 0.3 is 0 Å². The first kappa shape index (κ1) is 11.6. The molecule has 1 fully saturated rings. The maximum Gasteiger partial charge on any atom is 0.0949 e. The Morgan fingerprint density at radius 2 is 2.38 bits per heavy atom. The predicted octanol–water partition coefficient (Wildman–Crippen LogP) is 1.09. The average Bonchev–Trinajstić information content (AvgIpc) is 2.70. The van der Waals surface area contributed by atoms with E-state index < -0.39 is 0 Å². The Balaban J connectivity index is 1.99. The van der Waals surface area contributed by atoms with Crippen LogP contribution in [0.15, 0.2) is 12.5 Å². The summed E-state index contributed by atoms with van der Waals surface area (Å²) < 4.78 is 2.28. The number of nitrogens with zero attached hydrogens (tertiary/aromatic N) is 3. The van der Waals surface area contributed by atoms with E-state index in [1.807, 2.05) is 19.6 Å². The Hall–Kier alpha value is -0.870. The summed E-state index contributed by atoms with van der Waals surface area (Å²) in [6, 6.07) is 0.679. The van der Waals surface area contributed by atoms with Crippen molar-refractivity contribution in [2.75, 3.05) is 20.6 Å². The molecule has 1 N–H and O–H groups in total. The van der Waals surface area contributed by atoms with Gasteiger partial charge in [-0.1, -0.05) is 6.42 Å². The van der Waals surface area contributed by atoms with Crippen LogP contribution in [0.3, 0.4) is 0 Å². The number of likely N-dealkylation sites (tertiary alicyclic amines) is 1. The van der Waals surface area contributed by atoms with Crippen LogP contribution in [-0.4, -0.2) is 41.1 Å². The van der Waals surface area contributed by atoms with Gasteiger partial charge in [-0.05, 0) is 33.5 Å². The third-order valence-corrected chi connectivity index (χ3v) is 3.49. The number of piperidine rings is 1. The van der Waals surface area contributed by atoms with Gasteiger partial charge in [0.2, 0.25) is 0 Å². The molecule has 2 rings (SSSR count). The molecule has 0 radical (unpaired) electrons. The molecular formula is C12H22N4. The molecular weight excluding hydrogens is 200 g/mol. The van der Waals surface area contributed by atoms with Crippen molar-refractivity contribution in [3.05, 3.63) is 18.2 Å². The van der Waals surface area contributed by atoms with Gasteiger partial charge in [-0.2, -0.15) is 0 Å². The minimum atomic E-state index is 0.679. The Morgan fingerprint density at radius 1 is 1.50 bits per heavy atom. The Kier molecular flexibility index (Phi) is 3.96. The SMILES string of the molecule is CNCc1cncn1CC1CCCCN1C. The van der Waals surface area contributed by atoms with E-state index in [9.17, 15) is 0 Å². The lowest BCUT2D eigenvalue weighted by Gasteiger charge is -2.33. The summed E-state index contributed by atoms with van der Waals surface area (Å²) in [6.45, 7) is 3.21. The van der Waals surface area contributed by atoms with Gasteiger partial charge in [0.15, 0.2) is 0 Å². The molecule has 1 aromatic heterocycles. The number of imidazole rings is 1. The van der Waals surface area contributed by atoms with Crippen molar-refractivity contribution < 1.29 is 0 Å². The maximum atomic E-state index is 4.24. The molecule has 0 aliphatic carbocycles. The van der Waals surface area contributed by atoms with Crippen LogP contribution in [0.5, 0.6) is 0 Å². The minimum Gasteiger partial charge on any atom is -0.332 e. The van der Waals surface area contributed by atoms with Crippen LogP contribution >= 0.6 is 0 Å². The van der Waals surface area contributed by atoms with Gasteiger partial charge in [0.05, 0.1) is 12.0 Å². The first-order valence-corrected chi connectivity index (χ1v) is 6.15. The molecule has 4 heteroatoms. The fourth-order valence-corrected chi connectivity index (χ4v) is 2.44. The molecule has 1 aliphatic rings. The van der Waals surface area contributed by atoms with Gasteiger partial charge in [-0.25, -0.2) is 4.98 Å². The van der Waals surface area contributed by atoms with E-state index in [1.165, 1.54) is 31.5 Å². The summed E-state index contributed by atoms with van der Waals surface area (Å²) in [6.07, 6.45) is 7.94. The Bertz CT molecular complexity index is 321. The summed E-state index contributed by atoms with van der Waals surface area (Å²) in [5.41, 5.74) is 1.28. The van der Waals surface area contributed by atoms with Crippen molar-refractivity contribution >= 4 is 0 Å². The third kappa shape index (κ3) is 2.62. The molecule has 0 spiro atoms. The fraction of sp³-hybridized carbons (Fsp3) is 0.750. The summed E-state index contributed by atoms with van der Waals surface area (Å²) in [4.78, 5) is 6.71. The number of aromatic nitrogens is 2. The molecule has 1 aromatic rings. The lowest BCUT2D eigenvalue weighted by atomic mass is 10.0. The van der Waals surface area contributed by atoms with Crippen molar-refractivity contribution in [1.29, 1.82) is 0 Å². The van der Waals surface area contributed by atoms with E-state index >= 15 is 0 Å². The summed E-state index contributed by atoms with van der Waals surface area (Å²) in [5.74, 6) is 0. The minimum absolute atomic E-state index is 0.679. The van der Waals surface area contributed by atoms with Crippen molar-refractivity contribution in [2.45, 2.75) is 38.4 Å². The van der Waals surface area contributed by atoms with Crippen LogP contribution in [0.25, 0.3) is 0 Å². The molecule has 0 aromatic carbocycles. The monoisotopic (exact) mass is 222 g/mol. The maximum absolute atomic E-state index is 4.24. The van der Waals surface area contributed by atoms with E-state index in [1.54, 1.807) is 0 Å². The molecule has 1 unspecified atom stereocenters. The highest BCUT2D eigenvalue weighted by atomic mass is 15.2. The van der Waals surface area contributed by atoms with E-state index in [-0.39, 0.29) is 0 Å². The van der Waals surface area contributed by atoms with E-state index in [4.69, 9.17) is 0 Å². The topological polar surface area (TPSA) is 33.1 Å². The Labute approximate surface area is 97.7 Å². The van der Waals surface area contributed by atoms with Gasteiger partial charge in [-0.3, -0.25) is 0 Å². The zero-order valence-corrected chi connectivity index (χ0v) is 10.3. The molecule has 2 heterocycles. The average molecular weight is 222 g/mol. The smallest absolute Gasteiger partial charge is 0.0949 e. The lowest BCUT2D eigenvalue weighted by molar-refractivity contribution is 0.166. The number of hydrogen-bond acceptors (Lipinski definition) is 3. The van der Waals surface area contributed by atoms with Gasteiger partial charge in [0, 0.05) is 25.3 Å². The zero-order chi connectivity index (χ0) is 11.4. The van der Waals surface area contributed by atoms with Gasteiger partial charge < -0.3 is 14.8 Å². The largest absolute Gasteiger partial charge is 0.332 e. The second-order valence-electron chi connectivity index (χ2n) is 4.70. The summed E-state index contributed by atoms with van der Waals surface area (Å²) in [5, 5.41) is 3.18. The molecule has 16 heavy (non-hydrogen) atoms. The molecule has 0 saturated carbocycles. The van der Waals surface area contributed by atoms with Crippen LogP contribution in [-0.2, 0) is 13.1 Å². The first-order valence-electron chi connectivity index (χ1n) is 6.15. The molecule has 0 amide bonds. The lowest BCUT2D eigenvalue weighted by Crippen LogP contribution is -2.39. The van der Waals surface area contributed by atoms with Gasteiger partial charge in [-0.15, -0.1) is 0 Å². The second kappa shape index (κ2) is 5.46. The summed E-state index contributed by atoms with van der Waals surface area (Å²) in [7, 11) is 4.21. The van der Waals surface area contributed by atoms with Crippen molar-refractivity contribution in [3.63, 3.8) is 0 Å². The van der Waals surface area contributed by atoms with Crippen molar-refractivity contribution in [1.82, 2.24) is 19.8 Å². The quantitative estimate of drug-likeness (QED) is 0.828. The highest BCUT2D eigenvalue weighted by Crippen LogP contribution is 2.17. The highest BCUT2D eigenvalue weighted by molar-refractivity contribution is 4.98. The molecule has 1 saturated heterocycles. The Morgan fingerprint density at radius 3 is 3.12 bits per heavy atom. The fourth-order valence-electron chi connectivity index (χ4n) is 2.44. The molecule has 1 atom stereocenters. The predicted molar refractivity (Wildman–Crippen MR) is 65.3 cm³/mol. The van der Waals surface area contributed by atoms with Crippen LogP contribution in [0.4, 0.5) is 0 Å². The highest BCUT2D eigenvalue weighted by Gasteiger charge is 2.19. The molecule has 4 nitrogen and oxygen atoms in total. The zero-order valence-electron chi connectivity index (χ0n) is 10.3. The van der Waals surface area contributed by atoms with E-state index in [0.717, 1.165) is 13.1 Å². The van der Waals surface area contributed by atoms with Crippen molar-refractivity contribution in [2.24, 2.45) is 0 Å². The first-order chi connectivity index (χ1) is 7.81. The molecule has 90 valence electrons. The van der Waals surface area contributed by atoms with Crippen LogP contribution in [0.2, 0.25) is 0 Å². The van der Waals surface area contributed by atoms with E-state index in [0.29, 0.717) is 6.04 Å². The third-order valence-electron chi connectivity index (χ3n) is 3.49. The van der Waals surface area contributed by atoms with E-state index in [2.05, 4.69) is 26.8 Å². The van der Waals surface area contributed by atoms with Gasteiger partial charge in [0.25, 0.3) is 0 Å². The van der Waals surface area contributed by atoms with Crippen LogP contribution < -0.4 is 5.32 Å². The number of likely N-dealkylation sites (N-methyl/N-ethyl adjacent to an activating group) is 1. The number of nitrogens with one attached hydrogen (secondary N) is 1. The standard InChI is InChI=1S/C12H22N4/c1-13-7-12-8-14-10-16(12)9-11-5-3-4-6-15(11)2/h8,10-11,13H,3-7,9H2,1-2H3. The van der Waals surface area contributed by atoms with Crippen molar-refractivity contribution in [3.8, 4) is 0 Å². The summed E-state index contributed by atoms with van der Waals surface area (Å²) >= 11 is 0. The normalized spacial score (nSPS) is 22.5. The molecule has 1 aliphatic heterocycles. The number of hydrogen-bond donors (Lipinski definition) is 1. The van der Waals surface area contributed by atoms with Crippen LogP contribution in [0, 0.1) is 0 Å².